The van der Waals surface area contributed by atoms with Gasteiger partial charge in [0.15, 0.2) is 0 Å². The molecule has 4 nitrogen and oxygen atoms in total. The van der Waals surface area contributed by atoms with Gasteiger partial charge in [-0.05, 0) is 29.8 Å². The largest absolute Gasteiger partial charge is 0.463 e. The second-order valence-corrected chi connectivity index (χ2v) is 5.62. The van der Waals surface area contributed by atoms with Crippen LogP contribution in [0.15, 0.2) is 22.3 Å². The molecule has 3 atom stereocenters. The van der Waals surface area contributed by atoms with E-state index in [4.69, 9.17) is 9.47 Å². The van der Waals surface area contributed by atoms with Gasteiger partial charge in [0.2, 0.25) is 0 Å². The third-order valence-corrected chi connectivity index (χ3v) is 3.69. The SMILES string of the molecule is CCOC(=O)/C=C/C[C@H]1CC(=O)O[C@@H]([C@H](C)/C=C/I)C1. The Labute approximate surface area is 133 Å². The van der Waals surface area contributed by atoms with Crippen molar-refractivity contribution in [2.75, 3.05) is 6.61 Å². The first-order chi connectivity index (χ1) is 9.56. The van der Waals surface area contributed by atoms with Gasteiger partial charge in [-0.1, -0.05) is 41.7 Å². The van der Waals surface area contributed by atoms with Crippen molar-refractivity contribution in [2.24, 2.45) is 11.8 Å². The number of cyclic esters (lactones) is 1. The van der Waals surface area contributed by atoms with E-state index in [2.05, 4.69) is 22.6 Å². The van der Waals surface area contributed by atoms with Crippen LogP contribution in [0.5, 0.6) is 0 Å². The van der Waals surface area contributed by atoms with Gasteiger partial charge in [0.05, 0.1) is 6.61 Å². The van der Waals surface area contributed by atoms with Crippen LogP contribution in [0.25, 0.3) is 0 Å². The van der Waals surface area contributed by atoms with Crippen molar-refractivity contribution in [1.82, 2.24) is 0 Å². The van der Waals surface area contributed by atoms with Gasteiger partial charge in [-0.3, -0.25) is 4.79 Å². The zero-order valence-electron chi connectivity index (χ0n) is 11.9. The van der Waals surface area contributed by atoms with Crippen LogP contribution >= 0.6 is 22.6 Å². The summed E-state index contributed by atoms with van der Waals surface area (Å²) in [6.45, 7) is 4.20. The molecular formula is C15H21IO4. The zero-order chi connectivity index (χ0) is 15.0. The average molecular weight is 392 g/mol. The van der Waals surface area contributed by atoms with Gasteiger partial charge in [0.1, 0.15) is 6.10 Å². The molecule has 0 amide bonds. The van der Waals surface area contributed by atoms with E-state index >= 15 is 0 Å². The van der Waals surface area contributed by atoms with Crippen LogP contribution in [-0.2, 0) is 19.1 Å². The predicted molar refractivity (Wildman–Crippen MR) is 85.3 cm³/mol. The van der Waals surface area contributed by atoms with E-state index < -0.39 is 0 Å². The van der Waals surface area contributed by atoms with Crippen LogP contribution in [-0.4, -0.2) is 24.6 Å². The van der Waals surface area contributed by atoms with Crippen LogP contribution in [0, 0.1) is 11.8 Å². The van der Waals surface area contributed by atoms with Gasteiger partial charge in [-0.15, -0.1) is 0 Å². The van der Waals surface area contributed by atoms with Gasteiger partial charge in [0, 0.05) is 18.4 Å². The number of esters is 2. The second-order valence-electron chi connectivity index (χ2n) is 4.90. The molecule has 0 unspecified atom stereocenters. The molecule has 1 aliphatic rings. The molecule has 0 aromatic rings. The molecule has 1 fully saturated rings. The van der Waals surface area contributed by atoms with Gasteiger partial charge in [-0.2, -0.15) is 0 Å². The Hall–Kier alpha value is -0.850. The van der Waals surface area contributed by atoms with E-state index in [0.717, 1.165) is 6.42 Å². The van der Waals surface area contributed by atoms with E-state index in [9.17, 15) is 9.59 Å². The molecule has 1 heterocycles. The Balaban J connectivity index is 2.49. The molecule has 1 saturated heterocycles. The monoisotopic (exact) mass is 392 g/mol. The van der Waals surface area contributed by atoms with Crippen LogP contribution in [0.3, 0.4) is 0 Å². The minimum Gasteiger partial charge on any atom is -0.463 e. The number of carbonyl (C=O) groups excluding carboxylic acids is 2. The molecule has 0 aromatic heterocycles. The van der Waals surface area contributed by atoms with Gasteiger partial charge in [-0.25, -0.2) is 4.79 Å². The molecule has 5 heteroatoms. The summed E-state index contributed by atoms with van der Waals surface area (Å²) in [6, 6.07) is 0. The van der Waals surface area contributed by atoms with Crippen molar-refractivity contribution in [3.8, 4) is 0 Å². The lowest BCUT2D eigenvalue weighted by atomic mass is 9.87. The second kappa shape index (κ2) is 9.15. The number of carbonyl (C=O) groups is 2. The molecule has 1 aliphatic heterocycles. The number of allylic oxidation sites excluding steroid dienone is 1. The molecular weight excluding hydrogens is 371 g/mol. The summed E-state index contributed by atoms with van der Waals surface area (Å²) >= 11 is 2.16. The highest BCUT2D eigenvalue weighted by Gasteiger charge is 2.30. The smallest absolute Gasteiger partial charge is 0.330 e. The standard InChI is InChI=1S/C15H21IO4/c1-3-19-14(17)6-4-5-12-9-13(11(2)7-8-16)20-15(18)10-12/h4,6-8,11-13H,3,5,9-10H2,1-2H3/b6-4+,8-7+/t11-,12-,13-/m1/s1. The lowest BCUT2D eigenvalue weighted by molar-refractivity contribution is -0.158. The topological polar surface area (TPSA) is 52.6 Å². The summed E-state index contributed by atoms with van der Waals surface area (Å²) in [5.41, 5.74) is 0. The van der Waals surface area contributed by atoms with Gasteiger partial charge >= 0.3 is 11.9 Å². The fourth-order valence-corrected chi connectivity index (χ4v) is 2.85. The maximum absolute atomic E-state index is 11.6. The van der Waals surface area contributed by atoms with Crippen LogP contribution in [0.4, 0.5) is 0 Å². The first-order valence-electron chi connectivity index (χ1n) is 6.86. The summed E-state index contributed by atoms with van der Waals surface area (Å²) in [4.78, 5) is 22.8. The lowest BCUT2D eigenvalue weighted by Gasteiger charge is -2.31. The average Bonchev–Trinajstić information content (AvgIpc) is 2.38. The third kappa shape index (κ3) is 6.07. The molecule has 0 N–H and O–H groups in total. The van der Waals surface area contributed by atoms with Crippen LogP contribution < -0.4 is 0 Å². The van der Waals surface area contributed by atoms with Crippen molar-refractivity contribution < 1.29 is 19.1 Å². The summed E-state index contributed by atoms with van der Waals surface area (Å²) in [6.07, 6.45) is 7.15. The first kappa shape index (κ1) is 17.2. The van der Waals surface area contributed by atoms with Crippen molar-refractivity contribution in [2.45, 2.75) is 39.2 Å². The number of hydrogen-bond acceptors (Lipinski definition) is 4. The summed E-state index contributed by atoms with van der Waals surface area (Å²) in [5.74, 6) is -0.0298. The maximum Gasteiger partial charge on any atom is 0.330 e. The highest BCUT2D eigenvalue weighted by atomic mass is 127. The molecule has 1 rings (SSSR count). The Kier molecular flexibility index (Phi) is 7.87. The zero-order valence-corrected chi connectivity index (χ0v) is 14.0. The Morgan fingerprint density at radius 2 is 2.35 bits per heavy atom. The first-order valence-corrected chi connectivity index (χ1v) is 8.11. The predicted octanol–water partition coefficient (Wildman–Crippen LogP) is 3.40. The normalized spacial score (nSPS) is 24.9. The van der Waals surface area contributed by atoms with E-state index in [0.29, 0.717) is 19.4 Å². The van der Waals surface area contributed by atoms with Crippen molar-refractivity contribution in [3.05, 3.63) is 22.3 Å². The van der Waals surface area contributed by atoms with Gasteiger partial charge < -0.3 is 9.47 Å². The fourth-order valence-electron chi connectivity index (χ4n) is 2.20. The highest BCUT2D eigenvalue weighted by Crippen LogP contribution is 2.29. The van der Waals surface area contributed by atoms with Crippen LogP contribution in [0.1, 0.15) is 33.1 Å². The molecule has 0 radical (unpaired) electrons. The van der Waals surface area contributed by atoms with Crippen LogP contribution in [0.2, 0.25) is 0 Å². The molecule has 0 aliphatic carbocycles. The van der Waals surface area contributed by atoms with E-state index in [1.54, 1.807) is 13.0 Å². The number of rotatable bonds is 6. The molecule has 20 heavy (non-hydrogen) atoms. The minimum absolute atomic E-state index is 0.0664. The Bertz CT molecular complexity index is 389. The minimum atomic E-state index is -0.330. The Morgan fingerprint density at radius 3 is 3.00 bits per heavy atom. The highest BCUT2D eigenvalue weighted by molar-refractivity contribution is 14.1. The number of halogens is 1. The lowest BCUT2D eigenvalue weighted by Crippen LogP contribution is -2.33. The number of hydrogen-bond donors (Lipinski definition) is 0. The number of ether oxygens (including phenoxy) is 2. The quantitative estimate of drug-likeness (QED) is 0.395. The molecule has 0 saturated carbocycles. The fraction of sp³-hybridized carbons (Fsp3) is 0.600. The van der Waals surface area contributed by atoms with E-state index in [-0.39, 0.29) is 29.9 Å². The van der Waals surface area contributed by atoms with Crippen molar-refractivity contribution in [3.63, 3.8) is 0 Å². The summed E-state index contributed by atoms with van der Waals surface area (Å²) < 4.78 is 12.1. The third-order valence-electron chi connectivity index (χ3n) is 3.28. The Morgan fingerprint density at radius 1 is 1.60 bits per heavy atom. The molecule has 0 aromatic carbocycles. The van der Waals surface area contributed by atoms with Crippen molar-refractivity contribution in [1.29, 1.82) is 0 Å². The molecule has 0 spiro atoms. The molecule has 112 valence electrons. The van der Waals surface area contributed by atoms with Crippen molar-refractivity contribution >= 4 is 34.5 Å². The van der Waals surface area contributed by atoms with E-state index in [1.165, 1.54) is 6.08 Å². The van der Waals surface area contributed by atoms with Gasteiger partial charge in [0.25, 0.3) is 0 Å². The summed E-state index contributed by atoms with van der Waals surface area (Å²) in [7, 11) is 0. The molecule has 0 bridgehead atoms. The maximum atomic E-state index is 11.6. The summed E-state index contributed by atoms with van der Waals surface area (Å²) in [5, 5.41) is 0. The van der Waals surface area contributed by atoms with E-state index in [1.807, 2.05) is 17.1 Å².